The smallest absolute Gasteiger partial charge is 0.379 e. The van der Waals surface area contributed by atoms with Gasteiger partial charge in [0.25, 0.3) is 0 Å². The first-order valence-corrected chi connectivity index (χ1v) is 8.11. The SMILES string of the molecule is C=C(C)C(=O)OCCc1ccc(-c2ccc(OC(=O)C(C)=O)cc2)cc1. The van der Waals surface area contributed by atoms with Gasteiger partial charge in [0.15, 0.2) is 0 Å². The van der Waals surface area contributed by atoms with E-state index in [-0.39, 0.29) is 5.97 Å². The molecule has 0 saturated carbocycles. The van der Waals surface area contributed by atoms with E-state index in [1.807, 2.05) is 36.4 Å². The van der Waals surface area contributed by atoms with Crippen LogP contribution < -0.4 is 4.74 Å². The lowest BCUT2D eigenvalue weighted by molar-refractivity contribution is -0.146. The number of ketones is 1. The average molecular weight is 352 g/mol. The molecule has 0 amide bonds. The van der Waals surface area contributed by atoms with Crippen LogP contribution in [0.1, 0.15) is 19.4 Å². The summed E-state index contributed by atoms with van der Waals surface area (Å²) in [6.07, 6.45) is 0.624. The molecule has 134 valence electrons. The van der Waals surface area contributed by atoms with Crippen molar-refractivity contribution in [3.05, 3.63) is 66.2 Å². The Balaban J connectivity index is 1.95. The highest BCUT2D eigenvalue weighted by Crippen LogP contribution is 2.23. The Kier molecular flexibility index (Phi) is 6.44. The zero-order valence-electron chi connectivity index (χ0n) is 14.8. The summed E-state index contributed by atoms with van der Waals surface area (Å²) in [5.74, 6) is -1.58. The van der Waals surface area contributed by atoms with Crippen LogP contribution in [0.25, 0.3) is 11.1 Å². The van der Waals surface area contributed by atoms with Gasteiger partial charge in [-0.25, -0.2) is 9.59 Å². The van der Waals surface area contributed by atoms with Gasteiger partial charge in [-0.05, 0) is 35.7 Å². The minimum Gasteiger partial charge on any atom is -0.462 e. The van der Waals surface area contributed by atoms with Crippen LogP contribution in [-0.4, -0.2) is 24.3 Å². The minimum absolute atomic E-state index is 0.307. The summed E-state index contributed by atoms with van der Waals surface area (Å²) < 4.78 is 10.0. The van der Waals surface area contributed by atoms with Crippen molar-refractivity contribution in [2.75, 3.05) is 6.61 Å². The fourth-order valence-corrected chi connectivity index (χ4v) is 2.14. The van der Waals surface area contributed by atoms with Crippen LogP contribution in [0.3, 0.4) is 0 Å². The number of carbonyl (C=O) groups excluding carboxylic acids is 3. The second-order valence-electron chi connectivity index (χ2n) is 5.83. The lowest BCUT2D eigenvalue weighted by atomic mass is 10.0. The molecule has 0 aliphatic carbocycles. The zero-order valence-corrected chi connectivity index (χ0v) is 14.8. The van der Waals surface area contributed by atoms with E-state index in [1.54, 1.807) is 19.1 Å². The van der Waals surface area contributed by atoms with Gasteiger partial charge >= 0.3 is 11.9 Å². The molecule has 0 heterocycles. The second-order valence-corrected chi connectivity index (χ2v) is 5.83. The molecular formula is C21H20O5. The fourth-order valence-electron chi connectivity index (χ4n) is 2.14. The Morgan fingerprint density at radius 2 is 1.38 bits per heavy atom. The van der Waals surface area contributed by atoms with E-state index < -0.39 is 11.8 Å². The Morgan fingerprint density at radius 3 is 1.88 bits per heavy atom. The lowest BCUT2D eigenvalue weighted by Gasteiger charge is -2.07. The molecule has 0 aromatic heterocycles. The largest absolute Gasteiger partial charge is 0.462 e. The van der Waals surface area contributed by atoms with Gasteiger partial charge in [-0.15, -0.1) is 0 Å². The normalized spacial score (nSPS) is 10.1. The quantitative estimate of drug-likeness (QED) is 0.330. The maximum absolute atomic E-state index is 11.3. The van der Waals surface area contributed by atoms with Crippen molar-refractivity contribution < 1.29 is 23.9 Å². The van der Waals surface area contributed by atoms with Gasteiger partial charge in [-0.3, -0.25) is 4.79 Å². The summed E-state index contributed by atoms with van der Waals surface area (Å²) in [6.45, 7) is 6.62. The van der Waals surface area contributed by atoms with E-state index in [4.69, 9.17) is 9.47 Å². The number of carbonyl (C=O) groups is 3. The molecule has 0 atom stereocenters. The highest BCUT2D eigenvalue weighted by Gasteiger charge is 2.10. The van der Waals surface area contributed by atoms with E-state index >= 15 is 0 Å². The Bertz CT molecular complexity index is 816. The molecule has 2 aromatic rings. The third-order valence-electron chi connectivity index (χ3n) is 3.61. The first-order chi connectivity index (χ1) is 12.4. The second kappa shape index (κ2) is 8.76. The molecule has 0 aliphatic rings. The van der Waals surface area contributed by atoms with Crippen molar-refractivity contribution in [1.29, 1.82) is 0 Å². The highest BCUT2D eigenvalue weighted by atomic mass is 16.5. The van der Waals surface area contributed by atoms with Crippen LogP contribution in [0.5, 0.6) is 5.75 Å². The third kappa shape index (κ3) is 5.41. The fraction of sp³-hybridized carbons (Fsp3) is 0.190. The minimum atomic E-state index is -0.880. The van der Waals surface area contributed by atoms with Gasteiger partial charge in [0.05, 0.1) is 6.61 Å². The predicted molar refractivity (Wildman–Crippen MR) is 97.7 cm³/mol. The Hall–Kier alpha value is -3.21. The van der Waals surface area contributed by atoms with Crippen molar-refractivity contribution in [1.82, 2.24) is 0 Å². The highest BCUT2D eigenvalue weighted by molar-refractivity contribution is 6.33. The summed E-state index contributed by atoms with van der Waals surface area (Å²) >= 11 is 0. The van der Waals surface area contributed by atoms with Crippen LogP contribution in [-0.2, 0) is 25.5 Å². The van der Waals surface area contributed by atoms with Gasteiger partial charge in [0, 0.05) is 18.9 Å². The van der Waals surface area contributed by atoms with Crippen LogP contribution in [0.4, 0.5) is 0 Å². The summed E-state index contributed by atoms with van der Waals surface area (Å²) in [6, 6.07) is 14.8. The maximum Gasteiger partial charge on any atom is 0.379 e. The van der Waals surface area contributed by atoms with E-state index in [2.05, 4.69) is 6.58 Å². The molecule has 0 bridgehead atoms. The van der Waals surface area contributed by atoms with Crippen molar-refractivity contribution in [2.45, 2.75) is 20.3 Å². The van der Waals surface area contributed by atoms with E-state index in [9.17, 15) is 14.4 Å². The maximum atomic E-state index is 11.3. The number of hydrogen-bond donors (Lipinski definition) is 0. The Labute approximate surface area is 152 Å². The van der Waals surface area contributed by atoms with Gasteiger partial charge in [0.2, 0.25) is 5.78 Å². The van der Waals surface area contributed by atoms with Crippen molar-refractivity contribution in [3.8, 4) is 16.9 Å². The summed E-state index contributed by atoms with van der Waals surface area (Å²) in [5, 5.41) is 0. The molecule has 0 N–H and O–H groups in total. The number of esters is 2. The number of benzene rings is 2. The van der Waals surface area contributed by atoms with E-state index in [1.165, 1.54) is 0 Å². The molecule has 0 aliphatic heterocycles. The predicted octanol–water partition coefficient (Wildman–Crippen LogP) is 3.51. The molecule has 0 saturated heterocycles. The summed E-state index contributed by atoms with van der Waals surface area (Å²) in [4.78, 5) is 33.5. The molecule has 5 nitrogen and oxygen atoms in total. The molecule has 5 heteroatoms. The molecule has 26 heavy (non-hydrogen) atoms. The number of hydrogen-bond acceptors (Lipinski definition) is 5. The zero-order chi connectivity index (χ0) is 19.1. The summed E-state index contributed by atoms with van der Waals surface area (Å²) in [7, 11) is 0. The van der Waals surface area contributed by atoms with Crippen LogP contribution in [0.15, 0.2) is 60.7 Å². The lowest BCUT2D eigenvalue weighted by Crippen LogP contribution is -2.16. The molecule has 0 spiro atoms. The van der Waals surface area contributed by atoms with Gasteiger partial charge in [-0.2, -0.15) is 0 Å². The summed E-state index contributed by atoms with van der Waals surface area (Å²) in [5.41, 5.74) is 3.39. The van der Waals surface area contributed by atoms with Crippen LogP contribution in [0, 0.1) is 0 Å². The van der Waals surface area contributed by atoms with E-state index in [0.717, 1.165) is 23.6 Å². The number of Topliss-reactive ketones (excluding diaryl/α,β-unsaturated/α-hetero) is 1. The van der Waals surface area contributed by atoms with E-state index in [0.29, 0.717) is 24.4 Å². The van der Waals surface area contributed by atoms with Gasteiger partial charge in [0.1, 0.15) is 5.75 Å². The number of ether oxygens (including phenoxy) is 2. The molecule has 2 rings (SSSR count). The van der Waals surface area contributed by atoms with Crippen molar-refractivity contribution in [3.63, 3.8) is 0 Å². The first kappa shape index (κ1) is 19.1. The standard InChI is InChI=1S/C21H20O5/c1-14(2)20(23)25-13-12-16-4-6-17(7-5-16)18-8-10-19(11-9-18)26-21(24)15(3)22/h4-11H,1,12-13H2,2-3H3. The monoisotopic (exact) mass is 352 g/mol. The third-order valence-corrected chi connectivity index (χ3v) is 3.61. The van der Waals surface area contributed by atoms with Gasteiger partial charge in [-0.1, -0.05) is 43.0 Å². The van der Waals surface area contributed by atoms with Gasteiger partial charge < -0.3 is 9.47 Å². The van der Waals surface area contributed by atoms with Crippen molar-refractivity contribution in [2.24, 2.45) is 0 Å². The molecule has 0 radical (unpaired) electrons. The average Bonchev–Trinajstić information content (AvgIpc) is 2.62. The topological polar surface area (TPSA) is 69.7 Å². The first-order valence-electron chi connectivity index (χ1n) is 8.11. The van der Waals surface area contributed by atoms with Crippen LogP contribution >= 0.6 is 0 Å². The van der Waals surface area contributed by atoms with Crippen molar-refractivity contribution >= 4 is 17.7 Å². The van der Waals surface area contributed by atoms with Crippen LogP contribution in [0.2, 0.25) is 0 Å². The molecule has 0 fully saturated rings. The molecule has 0 unspecified atom stereocenters. The number of rotatable bonds is 7. The molecular weight excluding hydrogens is 332 g/mol. The molecule has 2 aromatic carbocycles. The Morgan fingerprint density at radius 1 is 0.846 bits per heavy atom.